The van der Waals surface area contributed by atoms with Gasteiger partial charge < -0.3 is 15.0 Å². The Morgan fingerprint density at radius 3 is 2.76 bits per heavy atom. The molecule has 2 N–H and O–H groups in total. The van der Waals surface area contributed by atoms with E-state index in [1.54, 1.807) is 13.3 Å². The fourth-order valence-electron chi connectivity index (χ4n) is 3.42. The number of nitrogens with one attached hydrogen (secondary N) is 2. The highest BCUT2D eigenvalue weighted by Gasteiger charge is 2.16. The van der Waals surface area contributed by atoms with Crippen molar-refractivity contribution in [2.45, 2.75) is 13.8 Å². The molecule has 0 radical (unpaired) electrons. The number of pyridine rings is 1. The van der Waals surface area contributed by atoms with Crippen molar-refractivity contribution in [1.82, 2.24) is 15.3 Å². The highest BCUT2D eigenvalue weighted by Crippen LogP contribution is 2.35. The molecule has 2 aromatic carbocycles. The van der Waals surface area contributed by atoms with Crippen LogP contribution in [0.25, 0.3) is 32.6 Å². The van der Waals surface area contributed by atoms with Crippen LogP contribution in [-0.4, -0.2) is 29.5 Å². The Morgan fingerprint density at radius 1 is 1.16 bits per heavy atom. The van der Waals surface area contributed by atoms with Crippen LogP contribution in [0.1, 0.15) is 23.0 Å². The Morgan fingerprint density at radius 2 is 2.00 bits per heavy atom. The summed E-state index contributed by atoms with van der Waals surface area (Å²) in [6.45, 7) is 4.54. The molecule has 0 spiro atoms. The first kappa shape index (κ1) is 15.4. The van der Waals surface area contributed by atoms with Gasteiger partial charge in [-0.2, -0.15) is 0 Å². The summed E-state index contributed by atoms with van der Waals surface area (Å²) in [7, 11) is 1.66. The Hall–Kier alpha value is -3.08. The van der Waals surface area contributed by atoms with E-state index in [1.807, 2.05) is 37.3 Å². The molecular weight excluding hydrogens is 314 g/mol. The molecule has 2 heterocycles. The maximum absolute atomic E-state index is 12.4. The van der Waals surface area contributed by atoms with Crippen LogP contribution in [0.2, 0.25) is 0 Å². The Kier molecular flexibility index (Phi) is 3.57. The number of nitrogens with zero attached hydrogens (tertiary/aromatic N) is 1. The number of fused-ring (bicyclic) bond motifs is 4. The zero-order valence-electron chi connectivity index (χ0n) is 14.4. The number of benzene rings is 2. The zero-order valence-corrected chi connectivity index (χ0v) is 14.4. The number of H-pyrrole nitrogens is 1. The summed E-state index contributed by atoms with van der Waals surface area (Å²) in [5.41, 5.74) is 3.68. The van der Waals surface area contributed by atoms with Crippen molar-refractivity contribution in [2.75, 3.05) is 13.7 Å². The van der Waals surface area contributed by atoms with Crippen molar-refractivity contribution in [3.05, 3.63) is 47.8 Å². The summed E-state index contributed by atoms with van der Waals surface area (Å²) >= 11 is 0. The summed E-state index contributed by atoms with van der Waals surface area (Å²) in [5.74, 6) is 0.658. The second-order valence-corrected chi connectivity index (χ2v) is 6.07. The second-order valence-electron chi connectivity index (χ2n) is 6.07. The number of aryl methyl sites for hydroxylation is 1. The molecule has 5 heteroatoms. The Bertz CT molecular complexity index is 1130. The zero-order chi connectivity index (χ0) is 17.6. The number of hydrogen-bond donors (Lipinski definition) is 2. The molecule has 4 aromatic rings. The minimum Gasteiger partial charge on any atom is -0.497 e. The topological polar surface area (TPSA) is 67.0 Å². The molecular formula is C20H19N3O2. The normalized spacial score (nSPS) is 11.3. The molecule has 126 valence electrons. The number of amides is 1. The number of hydrogen-bond acceptors (Lipinski definition) is 3. The van der Waals surface area contributed by atoms with Gasteiger partial charge in [0.25, 0.3) is 5.91 Å². The van der Waals surface area contributed by atoms with Crippen molar-refractivity contribution in [3.63, 3.8) is 0 Å². The van der Waals surface area contributed by atoms with E-state index >= 15 is 0 Å². The molecule has 0 aliphatic carbocycles. The van der Waals surface area contributed by atoms with Gasteiger partial charge in [-0.25, -0.2) is 0 Å². The molecule has 0 saturated carbocycles. The minimum absolute atomic E-state index is 0.149. The molecule has 0 aliphatic rings. The van der Waals surface area contributed by atoms with E-state index in [0.29, 0.717) is 12.2 Å². The van der Waals surface area contributed by atoms with Crippen molar-refractivity contribution in [1.29, 1.82) is 0 Å². The van der Waals surface area contributed by atoms with Gasteiger partial charge in [0.1, 0.15) is 11.4 Å². The summed E-state index contributed by atoms with van der Waals surface area (Å²) in [5, 5.41) is 6.88. The molecule has 25 heavy (non-hydrogen) atoms. The van der Waals surface area contributed by atoms with E-state index in [-0.39, 0.29) is 5.91 Å². The maximum Gasteiger partial charge on any atom is 0.270 e. The first-order chi connectivity index (χ1) is 12.1. The van der Waals surface area contributed by atoms with E-state index < -0.39 is 0 Å². The number of rotatable bonds is 3. The van der Waals surface area contributed by atoms with Crippen molar-refractivity contribution < 1.29 is 9.53 Å². The molecule has 2 aromatic heterocycles. The number of aromatic amines is 1. The summed E-state index contributed by atoms with van der Waals surface area (Å²) in [6, 6.07) is 9.98. The first-order valence-electron chi connectivity index (χ1n) is 8.30. The molecule has 4 rings (SSSR count). The molecule has 0 aliphatic heterocycles. The summed E-state index contributed by atoms with van der Waals surface area (Å²) in [6.07, 6.45) is 1.69. The van der Waals surface area contributed by atoms with Crippen LogP contribution in [0.4, 0.5) is 0 Å². The molecule has 5 nitrogen and oxygen atoms in total. The fourth-order valence-corrected chi connectivity index (χ4v) is 3.42. The molecule has 0 unspecified atom stereocenters. The van der Waals surface area contributed by atoms with E-state index in [1.165, 1.54) is 0 Å². The van der Waals surface area contributed by atoms with Crippen molar-refractivity contribution in [3.8, 4) is 5.75 Å². The number of aromatic nitrogens is 2. The predicted octanol–water partition coefficient (Wildman–Crippen LogP) is 3.94. The standard InChI is InChI=1S/C20H19N3O2/c1-4-21-20(24)19-15-10-16-14-9-12(25-3)5-6-17(14)23-18(16)11(2)13(15)7-8-22-19/h5-10,23H,4H2,1-3H3,(H,21,24). The molecule has 0 saturated heterocycles. The largest absolute Gasteiger partial charge is 0.497 e. The van der Waals surface area contributed by atoms with Crippen LogP contribution in [0.15, 0.2) is 36.5 Å². The van der Waals surface area contributed by atoms with Gasteiger partial charge in [0.05, 0.1) is 12.6 Å². The third kappa shape index (κ3) is 2.31. The predicted molar refractivity (Wildman–Crippen MR) is 100 cm³/mol. The average molecular weight is 333 g/mol. The van der Waals surface area contributed by atoms with Gasteiger partial charge >= 0.3 is 0 Å². The molecule has 1 amide bonds. The Labute approximate surface area is 145 Å². The van der Waals surface area contributed by atoms with Crippen LogP contribution < -0.4 is 10.1 Å². The van der Waals surface area contributed by atoms with Crippen LogP contribution in [0.5, 0.6) is 5.75 Å². The average Bonchev–Trinajstić information content (AvgIpc) is 3.00. The lowest BCUT2D eigenvalue weighted by Gasteiger charge is -2.09. The van der Waals surface area contributed by atoms with E-state index in [0.717, 1.165) is 43.9 Å². The number of methoxy groups -OCH3 is 1. The third-order valence-electron chi connectivity index (χ3n) is 4.66. The van der Waals surface area contributed by atoms with Gasteiger partial charge in [0.15, 0.2) is 0 Å². The lowest BCUT2D eigenvalue weighted by atomic mass is 10.00. The van der Waals surface area contributed by atoms with E-state index in [2.05, 4.69) is 22.2 Å². The summed E-state index contributed by atoms with van der Waals surface area (Å²) in [4.78, 5) is 20.2. The molecule has 0 fully saturated rings. The van der Waals surface area contributed by atoms with Crippen molar-refractivity contribution in [2.24, 2.45) is 0 Å². The molecule has 0 atom stereocenters. The van der Waals surface area contributed by atoms with Crippen LogP contribution in [0.3, 0.4) is 0 Å². The number of ether oxygens (including phenoxy) is 1. The van der Waals surface area contributed by atoms with Crippen molar-refractivity contribution >= 4 is 38.5 Å². The quantitative estimate of drug-likeness (QED) is 0.597. The highest BCUT2D eigenvalue weighted by atomic mass is 16.5. The van der Waals surface area contributed by atoms with E-state index in [9.17, 15) is 4.79 Å². The SMILES string of the molecule is CCNC(=O)c1nccc2c(C)c3[nH]c4ccc(OC)cc4c3cc12. The number of carbonyl (C=O) groups excluding carboxylic acids is 1. The van der Waals surface area contributed by atoms with Crippen LogP contribution >= 0.6 is 0 Å². The third-order valence-corrected chi connectivity index (χ3v) is 4.66. The summed E-state index contributed by atoms with van der Waals surface area (Å²) < 4.78 is 5.36. The fraction of sp³-hybridized carbons (Fsp3) is 0.200. The van der Waals surface area contributed by atoms with Crippen LogP contribution in [-0.2, 0) is 0 Å². The highest BCUT2D eigenvalue weighted by molar-refractivity contribution is 6.17. The van der Waals surface area contributed by atoms with Crippen LogP contribution in [0, 0.1) is 6.92 Å². The van der Waals surface area contributed by atoms with Gasteiger partial charge in [-0.05, 0) is 55.1 Å². The second kappa shape index (κ2) is 5.77. The minimum atomic E-state index is -0.149. The van der Waals surface area contributed by atoms with Gasteiger partial charge in [-0.3, -0.25) is 9.78 Å². The lowest BCUT2D eigenvalue weighted by Crippen LogP contribution is -2.23. The first-order valence-corrected chi connectivity index (χ1v) is 8.30. The lowest BCUT2D eigenvalue weighted by molar-refractivity contribution is 0.0952. The Balaban J connectivity index is 2.11. The number of carbonyl (C=O) groups is 1. The van der Waals surface area contributed by atoms with Gasteiger partial charge in [-0.15, -0.1) is 0 Å². The van der Waals surface area contributed by atoms with Gasteiger partial charge in [-0.1, -0.05) is 0 Å². The molecule has 0 bridgehead atoms. The smallest absolute Gasteiger partial charge is 0.270 e. The van der Waals surface area contributed by atoms with Gasteiger partial charge in [0, 0.05) is 34.4 Å². The maximum atomic E-state index is 12.4. The van der Waals surface area contributed by atoms with E-state index in [4.69, 9.17) is 4.74 Å². The monoisotopic (exact) mass is 333 g/mol. The van der Waals surface area contributed by atoms with Gasteiger partial charge in [0.2, 0.25) is 0 Å².